The van der Waals surface area contributed by atoms with Crippen molar-refractivity contribution in [1.82, 2.24) is 14.7 Å². The number of nitrogens with zero attached hydrogens (tertiary/aromatic N) is 3. The van der Waals surface area contributed by atoms with E-state index in [-0.39, 0.29) is 23.8 Å². The highest BCUT2D eigenvalue weighted by molar-refractivity contribution is 5.95. The second kappa shape index (κ2) is 7.18. The van der Waals surface area contributed by atoms with E-state index < -0.39 is 0 Å². The summed E-state index contributed by atoms with van der Waals surface area (Å²) in [6, 6.07) is 13.7. The van der Waals surface area contributed by atoms with Crippen molar-refractivity contribution in [2.75, 3.05) is 19.4 Å². The predicted octanol–water partition coefficient (Wildman–Crippen LogP) is 1.74. The smallest absolute Gasteiger partial charge is 0.253 e. The lowest BCUT2D eigenvalue weighted by molar-refractivity contribution is -0.116. The van der Waals surface area contributed by atoms with Crippen LogP contribution in [0.25, 0.3) is 10.9 Å². The zero-order valence-electron chi connectivity index (χ0n) is 14.5. The summed E-state index contributed by atoms with van der Waals surface area (Å²) in [5.74, 6) is -0.384. The third kappa shape index (κ3) is 3.61. The summed E-state index contributed by atoms with van der Waals surface area (Å²) in [4.78, 5) is 37.5. The zero-order chi connectivity index (χ0) is 18.7. The molecule has 7 nitrogen and oxygen atoms in total. The molecular weight excluding hydrogens is 332 g/mol. The van der Waals surface area contributed by atoms with E-state index in [1.54, 1.807) is 62.6 Å². The van der Waals surface area contributed by atoms with Crippen molar-refractivity contribution in [3.63, 3.8) is 0 Å². The van der Waals surface area contributed by atoms with Crippen LogP contribution in [0.2, 0.25) is 0 Å². The predicted molar refractivity (Wildman–Crippen MR) is 99.1 cm³/mol. The van der Waals surface area contributed by atoms with Gasteiger partial charge in [0.05, 0.1) is 11.7 Å². The molecule has 7 heteroatoms. The van der Waals surface area contributed by atoms with Crippen LogP contribution in [0.5, 0.6) is 0 Å². The lowest BCUT2D eigenvalue weighted by Gasteiger charge is -2.12. The molecule has 0 atom stereocenters. The first-order chi connectivity index (χ1) is 12.5. The van der Waals surface area contributed by atoms with Gasteiger partial charge in [0.2, 0.25) is 11.3 Å². The molecule has 2 amide bonds. The number of carbonyl (C=O) groups excluding carboxylic acids is 2. The Kier molecular flexibility index (Phi) is 4.79. The molecule has 0 spiro atoms. The first-order valence-corrected chi connectivity index (χ1v) is 8.02. The summed E-state index contributed by atoms with van der Waals surface area (Å²) in [6.45, 7) is -0.0286. The minimum absolute atomic E-state index is 0.0286. The average molecular weight is 350 g/mol. The quantitative estimate of drug-likeness (QED) is 0.777. The Morgan fingerprint density at radius 3 is 2.46 bits per heavy atom. The summed E-state index contributed by atoms with van der Waals surface area (Å²) in [5, 5.41) is 7.32. The zero-order valence-corrected chi connectivity index (χ0v) is 14.5. The molecule has 0 saturated heterocycles. The minimum atomic E-state index is -0.280. The second-order valence-electron chi connectivity index (χ2n) is 6.01. The maximum Gasteiger partial charge on any atom is 0.253 e. The van der Waals surface area contributed by atoms with Crippen LogP contribution in [0.3, 0.4) is 0 Å². The molecule has 3 rings (SSSR count). The van der Waals surface area contributed by atoms with Gasteiger partial charge in [0.25, 0.3) is 5.91 Å². The van der Waals surface area contributed by atoms with Crippen molar-refractivity contribution in [2.45, 2.75) is 6.54 Å². The first kappa shape index (κ1) is 17.3. The van der Waals surface area contributed by atoms with Gasteiger partial charge in [-0.1, -0.05) is 12.1 Å². The lowest BCUT2D eigenvalue weighted by atomic mass is 10.2. The number of anilines is 1. The summed E-state index contributed by atoms with van der Waals surface area (Å²) in [5.41, 5.74) is 1.54. The van der Waals surface area contributed by atoms with Crippen LogP contribution in [0.4, 0.5) is 5.69 Å². The Labute approximate surface area is 149 Å². The molecule has 2 aromatic carbocycles. The van der Waals surface area contributed by atoms with Crippen LogP contribution in [-0.2, 0) is 11.3 Å². The average Bonchev–Trinajstić information content (AvgIpc) is 2.64. The molecular formula is C19H18N4O3. The van der Waals surface area contributed by atoms with Crippen molar-refractivity contribution >= 4 is 28.4 Å². The van der Waals surface area contributed by atoms with Gasteiger partial charge in [-0.05, 0) is 36.4 Å². The molecule has 0 aliphatic carbocycles. The number of amides is 2. The normalized spacial score (nSPS) is 10.5. The monoisotopic (exact) mass is 350 g/mol. The van der Waals surface area contributed by atoms with E-state index in [0.29, 0.717) is 22.2 Å². The van der Waals surface area contributed by atoms with Gasteiger partial charge < -0.3 is 10.2 Å². The maximum absolute atomic E-state index is 12.3. The molecule has 1 heterocycles. The topological polar surface area (TPSA) is 84.3 Å². The molecule has 0 saturated carbocycles. The van der Waals surface area contributed by atoms with E-state index in [2.05, 4.69) is 10.4 Å². The van der Waals surface area contributed by atoms with Crippen LogP contribution >= 0.6 is 0 Å². The molecule has 0 aliphatic heterocycles. The van der Waals surface area contributed by atoms with E-state index in [1.165, 1.54) is 15.8 Å². The summed E-state index contributed by atoms with van der Waals surface area (Å²) < 4.78 is 1.48. The van der Waals surface area contributed by atoms with Crippen LogP contribution in [0, 0.1) is 0 Å². The molecule has 1 aromatic heterocycles. The number of hydrogen-bond donors (Lipinski definition) is 1. The Balaban J connectivity index is 1.75. The summed E-state index contributed by atoms with van der Waals surface area (Å²) >= 11 is 0. The fraction of sp³-hybridized carbons (Fsp3) is 0.158. The number of rotatable bonds is 4. The van der Waals surface area contributed by atoms with Gasteiger partial charge in [0.1, 0.15) is 6.54 Å². The molecule has 0 radical (unpaired) electrons. The number of aromatic nitrogens is 2. The van der Waals surface area contributed by atoms with Crippen LogP contribution in [0.1, 0.15) is 10.4 Å². The fourth-order valence-electron chi connectivity index (χ4n) is 2.58. The van der Waals surface area contributed by atoms with E-state index in [0.717, 1.165) is 0 Å². The second-order valence-corrected chi connectivity index (χ2v) is 6.01. The van der Waals surface area contributed by atoms with Crippen LogP contribution < -0.4 is 10.7 Å². The van der Waals surface area contributed by atoms with Crippen molar-refractivity contribution in [2.24, 2.45) is 0 Å². The third-order valence-corrected chi connectivity index (χ3v) is 3.88. The standard InChI is InChI=1S/C19H18N4O3/c1-22(2)19(26)13-7-9-14(10-8-13)21-18(25)12-23-16-6-4-3-5-15(16)17(24)11-20-23/h3-11H,12H2,1-2H3,(H,21,25). The number of para-hydroxylation sites is 1. The van der Waals surface area contributed by atoms with E-state index in [4.69, 9.17) is 0 Å². The summed E-state index contributed by atoms with van der Waals surface area (Å²) in [6.07, 6.45) is 1.21. The maximum atomic E-state index is 12.3. The molecule has 26 heavy (non-hydrogen) atoms. The van der Waals surface area contributed by atoms with Gasteiger partial charge in [-0.15, -0.1) is 0 Å². The highest BCUT2D eigenvalue weighted by atomic mass is 16.2. The number of hydrogen-bond acceptors (Lipinski definition) is 4. The van der Waals surface area contributed by atoms with E-state index in [9.17, 15) is 14.4 Å². The number of fused-ring (bicyclic) bond motifs is 1. The fourth-order valence-corrected chi connectivity index (χ4v) is 2.58. The molecule has 132 valence electrons. The Morgan fingerprint density at radius 1 is 1.08 bits per heavy atom. The van der Waals surface area contributed by atoms with Gasteiger partial charge in [-0.3, -0.25) is 19.1 Å². The molecule has 0 aliphatic rings. The Bertz CT molecular complexity index is 1020. The SMILES string of the molecule is CN(C)C(=O)c1ccc(NC(=O)Cn2ncc(=O)c3ccccc32)cc1. The molecule has 0 unspecified atom stereocenters. The van der Waals surface area contributed by atoms with Crippen molar-refractivity contribution in [1.29, 1.82) is 0 Å². The van der Waals surface area contributed by atoms with Gasteiger partial charge in [0, 0.05) is 30.7 Å². The number of nitrogens with one attached hydrogen (secondary N) is 1. The van der Waals surface area contributed by atoms with Crippen LogP contribution in [-0.4, -0.2) is 40.6 Å². The van der Waals surface area contributed by atoms with Gasteiger partial charge >= 0.3 is 0 Å². The minimum Gasteiger partial charge on any atom is -0.345 e. The molecule has 1 N–H and O–H groups in total. The van der Waals surface area contributed by atoms with Crippen molar-refractivity contribution in [3.8, 4) is 0 Å². The number of carbonyl (C=O) groups is 2. The highest BCUT2D eigenvalue weighted by Crippen LogP contribution is 2.12. The lowest BCUT2D eigenvalue weighted by Crippen LogP contribution is -2.23. The third-order valence-electron chi connectivity index (χ3n) is 3.88. The van der Waals surface area contributed by atoms with E-state index in [1.807, 2.05) is 0 Å². The van der Waals surface area contributed by atoms with Crippen molar-refractivity contribution in [3.05, 3.63) is 70.5 Å². The largest absolute Gasteiger partial charge is 0.345 e. The highest BCUT2D eigenvalue weighted by Gasteiger charge is 2.10. The Hall–Kier alpha value is -3.48. The van der Waals surface area contributed by atoms with Gasteiger partial charge in [-0.25, -0.2) is 0 Å². The molecule has 0 bridgehead atoms. The van der Waals surface area contributed by atoms with Gasteiger partial charge in [-0.2, -0.15) is 5.10 Å². The van der Waals surface area contributed by atoms with Crippen molar-refractivity contribution < 1.29 is 9.59 Å². The van der Waals surface area contributed by atoms with Crippen LogP contribution in [0.15, 0.2) is 59.5 Å². The molecule has 3 aromatic rings. The molecule has 0 fully saturated rings. The number of benzene rings is 2. The van der Waals surface area contributed by atoms with Gasteiger partial charge in [0.15, 0.2) is 0 Å². The Morgan fingerprint density at radius 2 is 1.77 bits per heavy atom. The summed E-state index contributed by atoms with van der Waals surface area (Å²) in [7, 11) is 3.36. The first-order valence-electron chi connectivity index (χ1n) is 8.02. The van der Waals surface area contributed by atoms with E-state index >= 15 is 0 Å².